The number of aromatic hydroxyl groups is 1. The van der Waals surface area contributed by atoms with Crippen LogP contribution in [-0.2, 0) is 15.7 Å². The van der Waals surface area contributed by atoms with Crippen LogP contribution in [0.4, 0.5) is 8.78 Å². The van der Waals surface area contributed by atoms with E-state index in [-0.39, 0.29) is 5.75 Å². The highest BCUT2D eigenvalue weighted by Crippen LogP contribution is 2.39. The second-order valence-corrected chi connectivity index (χ2v) is 9.02. The van der Waals surface area contributed by atoms with Gasteiger partial charge < -0.3 is 19.2 Å². The van der Waals surface area contributed by atoms with Crippen LogP contribution < -0.4 is 10.2 Å². The Kier molecular flexibility index (Phi) is 6.58. The zero-order chi connectivity index (χ0) is 22.3. The van der Waals surface area contributed by atoms with E-state index in [1.165, 1.54) is 12.1 Å². The number of benzene rings is 2. The summed E-state index contributed by atoms with van der Waals surface area (Å²) in [6, 6.07) is 5.00. The number of ether oxygens (including phenoxy) is 1. The van der Waals surface area contributed by atoms with Crippen molar-refractivity contribution in [3.63, 3.8) is 0 Å². The maximum absolute atomic E-state index is 14.3. The fourth-order valence-corrected chi connectivity index (χ4v) is 3.60. The molecule has 0 amide bonds. The number of rotatable bonds is 1. The van der Waals surface area contributed by atoms with E-state index in [1.54, 1.807) is 0 Å². The van der Waals surface area contributed by atoms with Gasteiger partial charge in [0.1, 0.15) is 0 Å². The highest BCUT2D eigenvalue weighted by molar-refractivity contribution is 6.65. The first-order chi connectivity index (χ1) is 13.9. The molecule has 0 unspecified atom stereocenters. The Morgan fingerprint density at radius 2 is 1.63 bits per heavy atom. The van der Waals surface area contributed by atoms with E-state index >= 15 is 0 Å². The Morgan fingerprint density at radius 1 is 1.00 bits per heavy atom. The lowest BCUT2D eigenvalue weighted by atomic mass is 9.77. The molecule has 2 aromatic carbocycles. The fraction of sp³-hybridized carbons (Fsp3) is 0.429. The summed E-state index contributed by atoms with van der Waals surface area (Å²) >= 11 is 11.8. The van der Waals surface area contributed by atoms with E-state index in [9.17, 15) is 8.78 Å². The van der Waals surface area contributed by atoms with Gasteiger partial charge in [-0.1, -0.05) is 23.2 Å². The first-order valence-corrected chi connectivity index (χ1v) is 10.3. The molecule has 1 fully saturated rings. The summed E-state index contributed by atoms with van der Waals surface area (Å²) in [7, 11) is -0.663. The minimum atomic E-state index is -0.663. The minimum Gasteiger partial charge on any atom is -0.505 e. The summed E-state index contributed by atoms with van der Waals surface area (Å²) < 4.78 is 43.8. The van der Waals surface area contributed by atoms with Crippen LogP contribution in [0.2, 0.25) is 10.0 Å². The molecule has 2 aromatic rings. The number of hydrogen-bond acceptors (Lipinski definition) is 4. The maximum atomic E-state index is 14.3. The van der Waals surface area contributed by atoms with Crippen LogP contribution in [0.25, 0.3) is 0 Å². The lowest BCUT2D eigenvalue weighted by molar-refractivity contribution is 0.00578. The number of hydrogen-bond donors (Lipinski definition) is 1. The molecule has 4 nitrogen and oxygen atoms in total. The van der Waals surface area contributed by atoms with Crippen molar-refractivity contribution >= 4 is 35.8 Å². The molecule has 2 aliphatic heterocycles. The standard InChI is InChI=1S/C15H19BClFO3.C6H4ClFO/c1-14(2)15(3,4)21-16(20-14)10-8-11(18)13-9(12(10)17)6-5-7-19-13;7-4-1-2-5(8)6(9)3-4/h8H,5-7H2,1-4H3;1-3,9H. The van der Waals surface area contributed by atoms with Gasteiger partial charge in [-0.15, -0.1) is 0 Å². The van der Waals surface area contributed by atoms with Gasteiger partial charge in [0.2, 0.25) is 0 Å². The largest absolute Gasteiger partial charge is 0.505 e. The van der Waals surface area contributed by atoms with Gasteiger partial charge in [0.05, 0.1) is 17.8 Å². The van der Waals surface area contributed by atoms with Gasteiger partial charge in [0, 0.05) is 27.1 Å². The molecule has 0 bridgehead atoms. The quantitative estimate of drug-likeness (QED) is 0.590. The molecular weight excluding hydrogens is 436 g/mol. The van der Waals surface area contributed by atoms with Gasteiger partial charge in [-0.2, -0.15) is 0 Å². The van der Waals surface area contributed by atoms with Crippen LogP contribution in [-0.4, -0.2) is 30.0 Å². The van der Waals surface area contributed by atoms with E-state index < -0.39 is 35.7 Å². The Labute approximate surface area is 185 Å². The van der Waals surface area contributed by atoms with E-state index in [2.05, 4.69) is 0 Å². The molecule has 0 aliphatic carbocycles. The lowest BCUT2D eigenvalue weighted by Gasteiger charge is -2.32. The van der Waals surface area contributed by atoms with Gasteiger partial charge in [0.25, 0.3) is 0 Å². The van der Waals surface area contributed by atoms with Crippen LogP contribution in [0.15, 0.2) is 24.3 Å². The maximum Gasteiger partial charge on any atom is 0.496 e. The van der Waals surface area contributed by atoms with Crippen LogP contribution >= 0.6 is 23.2 Å². The molecule has 0 radical (unpaired) electrons. The van der Waals surface area contributed by atoms with Crippen molar-refractivity contribution in [2.45, 2.75) is 51.7 Å². The average Bonchev–Trinajstić information content (AvgIpc) is 2.89. The zero-order valence-electron chi connectivity index (χ0n) is 17.2. The van der Waals surface area contributed by atoms with E-state index in [1.807, 2.05) is 27.7 Å². The second kappa shape index (κ2) is 8.54. The summed E-state index contributed by atoms with van der Waals surface area (Å²) in [4.78, 5) is 0. The molecule has 2 aliphatic rings. The van der Waals surface area contributed by atoms with Crippen molar-refractivity contribution in [2.75, 3.05) is 6.61 Å². The third kappa shape index (κ3) is 4.54. The molecule has 30 heavy (non-hydrogen) atoms. The van der Waals surface area contributed by atoms with Crippen LogP contribution in [0, 0.1) is 11.6 Å². The Balaban J connectivity index is 0.000000239. The summed E-state index contributed by atoms with van der Waals surface area (Å²) in [6.45, 7) is 8.35. The SMILES string of the molecule is CC1(C)OB(c2cc(F)c3c(c2Cl)CCCO3)OC1(C)C.Oc1cc(Cl)ccc1F. The Morgan fingerprint density at radius 3 is 2.20 bits per heavy atom. The summed E-state index contributed by atoms with van der Waals surface area (Å²) in [5, 5.41) is 9.46. The molecule has 4 rings (SSSR count). The van der Waals surface area contributed by atoms with Crippen molar-refractivity contribution in [3.05, 3.63) is 51.5 Å². The first kappa shape index (κ1) is 23.1. The molecular formula is C21H23BCl2F2O4. The summed E-state index contributed by atoms with van der Waals surface area (Å²) in [5.74, 6) is -1.20. The second-order valence-electron chi connectivity index (χ2n) is 8.21. The van der Waals surface area contributed by atoms with Gasteiger partial charge in [-0.05, 0) is 58.7 Å². The molecule has 0 aromatic heterocycles. The van der Waals surface area contributed by atoms with Crippen molar-refractivity contribution in [1.82, 2.24) is 0 Å². The zero-order valence-corrected chi connectivity index (χ0v) is 18.7. The molecule has 0 spiro atoms. The highest BCUT2D eigenvalue weighted by atomic mass is 35.5. The highest BCUT2D eigenvalue weighted by Gasteiger charge is 2.52. The van der Waals surface area contributed by atoms with Crippen LogP contribution in [0.3, 0.4) is 0 Å². The monoisotopic (exact) mass is 458 g/mol. The minimum absolute atomic E-state index is 0.270. The molecule has 2 heterocycles. The van der Waals surface area contributed by atoms with Gasteiger partial charge in [-0.25, -0.2) is 8.78 Å². The Hall–Kier alpha value is -1.54. The topological polar surface area (TPSA) is 47.9 Å². The van der Waals surface area contributed by atoms with Crippen LogP contribution in [0.1, 0.15) is 39.7 Å². The van der Waals surface area contributed by atoms with E-state index in [0.717, 1.165) is 18.6 Å². The van der Waals surface area contributed by atoms with Gasteiger partial charge >= 0.3 is 7.12 Å². The number of halogens is 4. The van der Waals surface area contributed by atoms with E-state index in [0.29, 0.717) is 34.1 Å². The normalized spacial score (nSPS) is 18.9. The first-order valence-electron chi connectivity index (χ1n) is 9.56. The fourth-order valence-electron chi connectivity index (χ4n) is 3.11. The predicted octanol–water partition coefficient (Wildman–Crippen LogP) is 5.29. The van der Waals surface area contributed by atoms with Gasteiger partial charge in [0.15, 0.2) is 23.1 Å². The van der Waals surface area contributed by atoms with Crippen molar-refractivity contribution in [3.8, 4) is 11.5 Å². The molecule has 1 saturated heterocycles. The molecule has 9 heteroatoms. The lowest BCUT2D eigenvalue weighted by Crippen LogP contribution is -2.41. The van der Waals surface area contributed by atoms with Crippen molar-refractivity contribution in [1.29, 1.82) is 0 Å². The number of phenols is 1. The number of phenolic OH excluding ortho intramolecular Hbond substituents is 1. The third-order valence-electron chi connectivity index (χ3n) is 5.52. The molecule has 0 saturated carbocycles. The average molecular weight is 459 g/mol. The number of fused-ring (bicyclic) bond motifs is 1. The summed E-state index contributed by atoms with van der Waals surface area (Å²) in [6.07, 6.45) is 1.54. The molecule has 1 N–H and O–H groups in total. The predicted molar refractivity (Wildman–Crippen MR) is 114 cm³/mol. The molecule has 0 atom stereocenters. The smallest absolute Gasteiger partial charge is 0.496 e. The Bertz CT molecular complexity index is 937. The van der Waals surface area contributed by atoms with Crippen LogP contribution in [0.5, 0.6) is 11.5 Å². The van der Waals surface area contributed by atoms with E-state index in [4.69, 9.17) is 42.4 Å². The van der Waals surface area contributed by atoms with Crippen molar-refractivity contribution < 1.29 is 27.9 Å². The van der Waals surface area contributed by atoms with Crippen molar-refractivity contribution in [2.24, 2.45) is 0 Å². The van der Waals surface area contributed by atoms with Gasteiger partial charge in [-0.3, -0.25) is 0 Å². The third-order valence-corrected chi connectivity index (χ3v) is 6.21. The summed E-state index contributed by atoms with van der Waals surface area (Å²) in [5.41, 5.74) is 0.290. The molecule has 162 valence electrons.